The van der Waals surface area contributed by atoms with Crippen LogP contribution in [-0.4, -0.2) is 40.3 Å². The number of aromatic amines is 1. The lowest BCUT2D eigenvalue weighted by Gasteiger charge is -2.25. The Kier molecular flexibility index (Phi) is 3.39. The summed E-state index contributed by atoms with van der Waals surface area (Å²) in [5, 5.41) is 9.75. The molecule has 0 unspecified atom stereocenters. The summed E-state index contributed by atoms with van der Waals surface area (Å²) in [7, 11) is 0. The highest BCUT2D eigenvalue weighted by Gasteiger charge is 2.24. The van der Waals surface area contributed by atoms with Crippen LogP contribution in [0.5, 0.6) is 0 Å². The highest BCUT2D eigenvalue weighted by atomic mass is 16.3. The number of aromatic nitrogens is 6. The fourth-order valence-electron chi connectivity index (χ4n) is 3.80. The second kappa shape index (κ2) is 5.77. The lowest BCUT2D eigenvalue weighted by atomic mass is 9.93. The zero-order valence-corrected chi connectivity index (χ0v) is 14.0. The number of imidazole rings is 2. The molecule has 0 saturated heterocycles. The number of rotatable bonds is 2. The largest absolute Gasteiger partial charge is 0.393 e. The highest BCUT2D eigenvalue weighted by Crippen LogP contribution is 2.29. The summed E-state index contributed by atoms with van der Waals surface area (Å²) in [6.45, 7) is 0. The van der Waals surface area contributed by atoms with Gasteiger partial charge in [0.05, 0.1) is 23.3 Å². The van der Waals surface area contributed by atoms with Crippen molar-refractivity contribution < 1.29 is 5.11 Å². The molecule has 8 heteroatoms. The first-order valence-electron chi connectivity index (χ1n) is 8.78. The number of fused-ring (bicyclic) bond motifs is 2. The van der Waals surface area contributed by atoms with Crippen molar-refractivity contribution in [3.8, 4) is 5.95 Å². The minimum Gasteiger partial charge on any atom is -0.393 e. The van der Waals surface area contributed by atoms with Gasteiger partial charge in [0.25, 0.3) is 0 Å². The van der Waals surface area contributed by atoms with Gasteiger partial charge in [-0.2, -0.15) is 4.98 Å². The molecular formula is C18H18N6O2. The van der Waals surface area contributed by atoms with Gasteiger partial charge in [0.1, 0.15) is 11.8 Å². The molecule has 1 aliphatic rings. The van der Waals surface area contributed by atoms with Crippen LogP contribution in [0, 0.1) is 0 Å². The fourth-order valence-corrected chi connectivity index (χ4v) is 3.80. The molecule has 8 nitrogen and oxygen atoms in total. The van der Waals surface area contributed by atoms with Gasteiger partial charge in [-0.15, -0.1) is 0 Å². The van der Waals surface area contributed by atoms with Crippen LogP contribution in [0.1, 0.15) is 31.7 Å². The van der Waals surface area contributed by atoms with Gasteiger partial charge in [0.2, 0.25) is 5.95 Å². The molecule has 26 heavy (non-hydrogen) atoms. The average molecular weight is 350 g/mol. The lowest BCUT2D eigenvalue weighted by molar-refractivity contribution is 0.111. The van der Waals surface area contributed by atoms with E-state index in [1.165, 1.54) is 0 Å². The van der Waals surface area contributed by atoms with Crippen LogP contribution in [0.2, 0.25) is 0 Å². The lowest BCUT2D eigenvalue weighted by Crippen LogP contribution is -2.28. The molecule has 1 saturated carbocycles. The average Bonchev–Trinajstić information content (AvgIpc) is 3.22. The van der Waals surface area contributed by atoms with E-state index < -0.39 is 0 Å². The predicted molar refractivity (Wildman–Crippen MR) is 96.3 cm³/mol. The number of aliphatic hydroxyl groups excluding tert-OH is 1. The number of benzene rings is 1. The summed E-state index contributed by atoms with van der Waals surface area (Å²) < 4.78 is 3.53. The molecular weight excluding hydrogens is 332 g/mol. The van der Waals surface area contributed by atoms with E-state index >= 15 is 0 Å². The zero-order valence-electron chi connectivity index (χ0n) is 14.0. The third-order valence-electron chi connectivity index (χ3n) is 5.14. The van der Waals surface area contributed by atoms with Gasteiger partial charge >= 0.3 is 5.69 Å². The fraction of sp³-hybridized carbons (Fsp3) is 0.333. The molecule has 0 aliphatic heterocycles. The van der Waals surface area contributed by atoms with Crippen LogP contribution in [0.4, 0.5) is 0 Å². The Morgan fingerprint density at radius 3 is 2.77 bits per heavy atom. The number of nitrogens with zero attached hydrogens (tertiary/aromatic N) is 5. The van der Waals surface area contributed by atoms with Gasteiger partial charge in [-0.05, 0) is 37.8 Å². The topological polar surface area (TPSA) is 102 Å². The Balaban J connectivity index is 1.65. The molecule has 132 valence electrons. The van der Waals surface area contributed by atoms with Crippen molar-refractivity contribution in [2.24, 2.45) is 0 Å². The summed E-state index contributed by atoms with van der Waals surface area (Å²) in [6.07, 6.45) is 6.00. The van der Waals surface area contributed by atoms with Crippen molar-refractivity contribution in [3.63, 3.8) is 0 Å². The van der Waals surface area contributed by atoms with Crippen LogP contribution in [0.25, 0.3) is 28.1 Å². The van der Waals surface area contributed by atoms with E-state index in [1.807, 2.05) is 28.8 Å². The van der Waals surface area contributed by atoms with Gasteiger partial charge < -0.3 is 10.1 Å². The number of para-hydroxylation sites is 2. The second-order valence-corrected chi connectivity index (χ2v) is 6.77. The first-order valence-corrected chi connectivity index (χ1v) is 8.78. The molecule has 0 amide bonds. The Morgan fingerprint density at radius 2 is 1.92 bits per heavy atom. The summed E-state index contributed by atoms with van der Waals surface area (Å²) in [6, 6.07) is 7.82. The molecule has 0 spiro atoms. The molecule has 0 atom stereocenters. The minimum atomic E-state index is -0.269. The van der Waals surface area contributed by atoms with Crippen LogP contribution in [0.15, 0.2) is 41.6 Å². The van der Waals surface area contributed by atoms with Crippen LogP contribution >= 0.6 is 0 Å². The van der Waals surface area contributed by atoms with E-state index in [0.29, 0.717) is 30.0 Å². The minimum absolute atomic E-state index is 0.0435. The maximum absolute atomic E-state index is 12.5. The number of aliphatic hydroxyl groups is 1. The van der Waals surface area contributed by atoms with E-state index in [2.05, 4.69) is 19.9 Å². The van der Waals surface area contributed by atoms with Crippen molar-refractivity contribution >= 4 is 22.2 Å². The van der Waals surface area contributed by atoms with Crippen LogP contribution in [-0.2, 0) is 0 Å². The van der Waals surface area contributed by atoms with E-state index in [4.69, 9.17) is 0 Å². The first kappa shape index (κ1) is 15.3. The van der Waals surface area contributed by atoms with Gasteiger partial charge in [0, 0.05) is 6.04 Å². The molecule has 2 N–H and O–H groups in total. The molecule has 4 aromatic rings. The Labute approximate surface area is 148 Å². The van der Waals surface area contributed by atoms with Crippen molar-refractivity contribution in [1.29, 1.82) is 0 Å². The monoisotopic (exact) mass is 350 g/mol. The number of hydrogen-bond donors (Lipinski definition) is 2. The molecule has 1 fully saturated rings. The number of hydrogen-bond acceptors (Lipinski definition) is 5. The Morgan fingerprint density at radius 1 is 1.12 bits per heavy atom. The van der Waals surface area contributed by atoms with Crippen molar-refractivity contribution in [2.75, 3.05) is 0 Å². The SMILES string of the molecule is O=c1[nH]c2cnc(-n3cnc4ccccc43)nc2n1[C@H]1CC[C@H](O)CC1. The smallest absolute Gasteiger partial charge is 0.327 e. The van der Waals surface area contributed by atoms with Crippen molar-refractivity contribution in [2.45, 2.75) is 37.8 Å². The van der Waals surface area contributed by atoms with E-state index in [-0.39, 0.29) is 17.8 Å². The molecule has 1 aromatic carbocycles. The van der Waals surface area contributed by atoms with Crippen molar-refractivity contribution in [3.05, 3.63) is 47.3 Å². The van der Waals surface area contributed by atoms with Gasteiger partial charge in [-0.25, -0.2) is 14.8 Å². The third kappa shape index (κ3) is 2.33. The summed E-state index contributed by atoms with van der Waals surface area (Å²) in [4.78, 5) is 28.8. The van der Waals surface area contributed by atoms with Gasteiger partial charge in [-0.3, -0.25) is 9.13 Å². The second-order valence-electron chi connectivity index (χ2n) is 6.77. The number of H-pyrrole nitrogens is 1. The Bertz CT molecular complexity index is 1150. The van der Waals surface area contributed by atoms with Gasteiger partial charge in [-0.1, -0.05) is 12.1 Å². The molecule has 5 rings (SSSR count). The maximum Gasteiger partial charge on any atom is 0.327 e. The van der Waals surface area contributed by atoms with E-state index in [9.17, 15) is 9.90 Å². The van der Waals surface area contributed by atoms with Crippen LogP contribution < -0.4 is 5.69 Å². The third-order valence-corrected chi connectivity index (χ3v) is 5.14. The van der Waals surface area contributed by atoms with Gasteiger partial charge in [0.15, 0.2) is 5.65 Å². The molecule has 0 bridgehead atoms. The highest BCUT2D eigenvalue weighted by molar-refractivity contribution is 5.77. The standard InChI is InChI=1S/C18H18N6O2/c25-12-7-5-11(6-8-12)24-16-14(21-18(24)26)9-19-17(22-16)23-10-20-13-3-1-2-4-15(13)23/h1-4,9-12,25H,5-8H2,(H,21,26)/t11-,12-. The zero-order chi connectivity index (χ0) is 17.7. The van der Waals surface area contributed by atoms with E-state index in [0.717, 1.165) is 23.9 Å². The molecule has 0 radical (unpaired) electrons. The maximum atomic E-state index is 12.5. The Hall–Kier alpha value is -3.00. The summed E-state index contributed by atoms with van der Waals surface area (Å²) in [5.41, 5.74) is 2.82. The normalized spacial score (nSPS) is 20.8. The quantitative estimate of drug-likeness (QED) is 0.575. The molecule has 3 heterocycles. The first-order chi connectivity index (χ1) is 12.7. The van der Waals surface area contributed by atoms with Crippen LogP contribution in [0.3, 0.4) is 0 Å². The summed E-state index contributed by atoms with van der Waals surface area (Å²) >= 11 is 0. The predicted octanol–water partition coefficient (Wildman–Crippen LogP) is 1.93. The number of nitrogens with one attached hydrogen (secondary N) is 1. The molecule has 3 aromatic heterocycles. The van der Waals surface area contributed by atoms with E-state index in [1.54, 1.807) is 17.1 Å². The van der Waals surface area contributed by atoms with Crippen molar-refractivity contribution in [1.82, 2.24) is 29.1 Å². The summed E-state index contributed by atoms with van der Waals surface area (Å²) in [5.74, 6) is 0.481. The molecule has 1 aliphatic carbocycles.